The van der Waals surface area contributed by atoms with Gasteiger partial charge in [0, 0.05) is 12.4 Å². The molecule has 0 bridgehead atoms. The SMILES string of the molecule is c1ccc(COC[C@H]2O[C@@H](n3ccnc3)[C@H](OCc3ccccc3)[C@@H]2OCc2ccccc2)cc1. The summed E-state index contributed by atoms with van der Waals surface area (Å²) in [4.78, 5) is 4.22. The van der Waals surface area contributed by atoms with E-state index in [-0.39, 0.29) is 24.5 Å². The van der Waals surface area contributed by atoms with Crippen molar-refractivity contribution in [1.29, 1.82) is 0 Å². The number of aromatic nitrogens is 2. The van der Waals surface area contributed by atoms with Crippen molar-refractivity contribution in [1.82, 2.24) is 9.55 Å². The molecular formula is C29H30N2O4. The molecule has 1 aliphatic heterocycles. The number of rotatable bonds is 11. The van der Waals surface area contributed by atoms with Gasteiger partial charge in [0.05, 0.1) is 32.8 Å². The summed E-state index contributed by atoms with van der Waals surface area (Å²) in [6.45, 7) is 1.83. The second-order valence-corrected chi connectivity index (χ2v) is 8.60. The van der Waals surface area contributed by atoms with Crippen LogP contribution in [0, 0.1) is 0 Å². The lowest BCUT2D eigenvalue weighted by molar-refractivity contribution is -0.0916. The molecule has 1 fully saturated rings. The van der Waals surface area contributed by atoms with Gasteiger partial charge in [0.25, 0.3) is 0 Å². The van der Waals surface area contributed by atoms with E-state index in [0.717, 1.165) is 16.7 Å². The molecule has 6 heteroatoms. The van der Waals surface area contributed by atoms with Gasteiger partial charge in [0.1, 0.15) is 18.3 Å². The number of ether oxygens (including phenoxy) is 4. The third-order valence-electron chi connectivity index (χ3n) is 6.07. The highest BCUT2D eigenvalue weighted by Crippen LogP contribution is 2.35. The first-order valence-corrected chi connectivity index (χ1v) is 11.9. The van der Waals surface area contributed by atoms with Crippen molar-refractivity contribution in [2.45, 2.75) is 44.4 Å². The van der Waals surface area contributed by atoms with Gasteiger partial charge in [-0.05, 0) is 16.7 Å². The molecule has 0 amide bonds. The van der Waals surface area contributed by atoms with E-state index in [0.29, 0.717) is 26.4 Å². The quantitative estimate of drug-likeness (QED) is 0.303. The second-order valence-electron chi connectivity index (χ2n) is 8.60. The Hall–Kier alpha value is -3.29. The maximum atomic E-state index is 6.49. The Bertz CT molecular complexity index is 1120. The van der Waals surface area contributed by atoms with Crippen LogP contribution in [0.25, 0.3) is 0 Å². The summed E-state index contributed by atoms with van der Waals surface area (Å²) in [5.41, 5.74) is 3.32. The maximum absolute atomic E-state index is 6.49. The van der Waals surface area contributed by atoms with E-state index < -0.39 is 0 Å². The van der Waals surface area contributed by atoms with Gasteiger partial charge in [-0.25, -0.2) is 4.98 Å². The largest absolute Gasteiger partial charge is 0.374 e. The Balaban J connectivity index is 1.33. The minimum absolute atomic E-state index is 0.296. The predicted molar refractivity (Wildman–Crippen MR) is 132 cm³/mol. The first-order chi connectivity index (χ1) is 17.4. The Labute approximate surface area is 206 Å². The molecule has 35 heavy (non-hydrogen) atoms. The number of hydrogen-bond acceptors (Lipinski definition) is 5. The Kier molecular flexibility index (Phi) is 7.98. The zero-order valence-corrected chi connectivity index (χ0v) is 19.6. The van der Waals surface area contributed by atoms with Crippen LogP contribution in [-0.4, -0.2) is 34.5 Å². The first kappa shape index (κ1) is 23.5. The summed E-state index contributed by atoms with van der Waals surface area (Å²) in [6, 6.07) is 30.4. The van der Waals surface area contributed by atoms with E-state index in [1.54, 1.807) is 12.5 Å². The lowest BCUT2D eigenvalue weighted by Crippen LogP contribution is -2.38. The third kappa shape index (κ3) is 6.24. The van der Waals surface area contributed by atoms with Gasteiger partial charge in [-0.15, -0.1) is 0 Å². The standard InChI is InChI=1S/C29H30N2O4/c1-4-10-23(11-5-1)18-32-21-26-27(33-19-24-12-6-2-7-13-24)28(29(35-26)31-17-16-30-22-31)34-20-25-14-8-3-9-15-25/h1-17,22,26-29H,18-21H2/t26-,27-,28-,29-/m1/s1. The van der Waals surface area contributed by atoms with Crippen molar-refractivity contribution < 1.29 is 18.9 Å². The Morgan fingerprint density at radius 3 is 1.77 bits per heavy atom. The van der Waals surface area contributed by atoms with Gasteiger partial charge in [-0.2, -0.15) is 0 Å². The highest BCUT2D eigenvalue weighted by molar-refractivity contribution is 5.15. The van der Waals surface area contributed by atoms with Gasteiger partial charge < -0.3 is 23.5 Å². The second kappa shape index (κ2) is 11.9. The Morgan fingerprint density at radius 2 is 1.23 bits per heavy atom. The molecule has 4 atom stereocenters. The van der Waals surface area contributed by atoms with Gasteiger partial charge >= 0.3 is 0 Å². The summed E-state index contributed by atoms with van der Waals surface area (Å²) in [6.07, 6.45) is 4.08. The number of hydrogen-bond donors (Lipinski definition) is 0. The topological polar surface area (TPSA) is 54.7 Å². The van der Waals surface area contributed by atoms with Crippen LogP contribution in [0.4, 0.5) is 0 Å². The molecule has 4 aromatic rings. The fraction of sp³-hybridized carbons (Fsp3) is 0.276. The molecule has 1 aromatic heterocycles. The number of nitrogens with zero attached hydrogens (tertiary/aromatic N) is 2. The normalized spacial score (nSPS) is 21.8. The van der Waals surface area contributed by atoms with Gasteiger partial charge in [-0.3, -0.25) is 0 Å². The average Bonchev–Trinajstić information content (AvgIpc) is 3.56. The van der Waals surface area contributed by atoms with Crippen molar-refractivity contribution >= 4 is 0 Å². The molecule has 180 valence electrons. The molecule has 5 rings (SSSR count). The van der Waals surface area contributed by atoms with Gasteiger partial charge in [0.15, 0.2) is 6.23 Å². The summed E-state index contributed by atoms with van der Waals surface area (Å²) < 4.78 is 27.4. The molecular weight excluding hydrogens is 440 g/mol. The fourth-order valence-corrected chi connectivity index (χ4v) is 4.28. The molecule has 2 heterocycles. The molecule has 0 N–H and O–H groups in total. The van der Waals surface area contributed by atoms with E-state index in [1.165, 1.54) is 0 Å². The van der Waals surface area contributed by atoms with Crippen molar-refractivity contribution in [2.75, 3.05) is 6.61 Å². The summed E-state index contributed by atoms with van der Waals surface area (Å²) in [5.74, 6) is 0. The number of benzene rings is 3. The maximum Gasteiger partial charge on any atom is 0.164 e. The van der Waals surface area contributed by atoms with Gasteiger partial charge in [-0.1, -0.05) is 91.0 Å². The molecule has 0 saturated carbocycles. The molecule has 0 radical (unpaired) electrons. The minimum Gasteiger partial charge on any atom is -0.374 e. The smallest absolute Gasteiger partial charge is 0.164 e. The van der Waals surface area contributed by atoms with Crippen LogP contribution in [0.3, 0.4) is 0 Å². The van der Waals surface area contributed by atoms with E-state index in [1.807, 2.05) is 65.4 Å². The van der Waals surface area contributed by atoms with Crippen molar-refractivity contribution in [3.05, 3.63) is 126 Å². The molecule has 0 unspecified atom stereocenters. The lowest BCUT2D eigenvalue weighted by atomic mass is 10.1. The van der Waals surface area contributed by atoms with Gasteiger partial charge in [0.2, 0.25) is 0 Å². The van der Waals surface area contributed by atoms with Crippen LogP contribution < -0.4 is 0 Å². The molecule has 1 aliphatic rings. The third-order valence-corrected chi connectivity index (χ3v) is 6.07. The predicted octanol–water partition coefficient (Wildman–Crippen LogP) is 5.17. The van der Waals surface area contributed by atoms with Crippen molar-refractivity contribution in [2.24, 2.45) is 0 Å². The van der Waals surface area contributed by atoms with Crippen molar-refractivity contribution in [3.63, 3.8) is 0 Å². The molecule has 3 aromatic carbocycles. The van der Waals surface area contributed by atoms with Crippen LogP contribution in [0.15, 0.2) is 110 Å². The first-order valence-electron chi connectivity index (χ1n) is 11.9. The molecule has 0 spiro atoms. The zero-order chi connectivity index (χ0) is 23.7. The monoisotopic (exact) mass is 470 g/mol. The summed E-state index contributed by atoms with van der Waals surface area (Å²) in [7, 11) is 0. The Morgan fingerprint density at radius 1 is 0.686 bits per heavy atom. The highest BCUT2D eigenvalue weighted by Gasteiger charge is 2.47. The zero-order valence-electron chi connectivity index (χ0n) is 19.6. The molecule has 1 saturated heterocycles. The molecule has 6 nitrogen and oxygen atoms in total. The van der Waals surface area contributed by atoms with Crippen LogP contribution in [0.5, 0.6) is 0 Å². The van der Waals surface area contributed by atoms with E-state index in [9.17, 15) is 0 Å². The average molecular weight is 471 g/mol. The van der Waals surface area contributed by atoms with E-state index in [2.05, 4.69) is 41.4 Å². The van der Waals surface area contributed by atoms with E-state index in [4.69, 9.17) is 18.9 Å². The lowest BCUT2D eigenvalue weighted by Gasteiger charge is -2.25. The van der Waals surface area contributed by atoms with Crippen LogP contribution >= 0.6 is 0 Å². The highest BCUT2D eigenvalue weighted by atomic mass is 16.6. The van der Waals surface area contributed by atoms with E-state index >= 15 is 0 Å². The van der Waals surface area contributed by atoms with Crippen LogP contribution in [-0.2, 0) is 38.8 Å². The molecule has 0 aliphatic carbocycles. The fourth-order valence-electron chi connectivity index (χ4n) is 4.28. The van der Waals surface area contributed by atoms with Crippen LogP contribution in [0.2, 0.25) is 0 Å². The van der Waals surface area contributed by atoms with Crippen molar-refractivity contribution in [3.8, 4) is 0 Å². The van der Waals surface area contributed by atoms with Crippen LogP contribution in [0.1, 0.15) is 22.9 Å². The minimum atomic E-state index is -0.368. The summed E-state index contributed by atoms with van der Waals surface area (Å²) >= 11 is 0. The number of imidazole rings is 1. The summed E-state index contributed by atoms with van der Waals surface area (Å²) in [5, 5.41) is 0.